The van der Waals surface area contributed by atoms with Crippen molar-refractivity contribution in [3.63, 3.8) is 0 Å². The Morgan fingerprint density at radius 3 is 2.79 bits per heavy atom. The summed E-state index contributed by atoms with van der Waals surface area (Å²) in [5.41, 5.74) is -0.00319. The topological polar surface area (TPSA) is 50.2 Å². The van der Waals surface area contributed by atoms with Gasteiger partial charge in [0.2, 0.25) is 0 Å². The molecule has 0 radical (unpaired) electrons. The van der Waals surface area contributed by atoms with Crippen LogP contribution >= 0.6 is 15.9 Å². The highest BCUT2D eigenvalue weighted by molar-refractivity contribution is 9.10. The van der Waals surface area contributed by atoms with Crippen molar-refractivity contribution in [1.82, 2.24) is 4.98 Å². The molecule has 0 unspecified atom stereocenters. The number of carboxylic acids is 1. The summed E-state index contributed by atoms with van der Waals surface area (Å²) in [6.45, 7) is 3.38. The summed E-state index contributed by atoms with van der Waals surface area (Å²) in [7, 11) is 0. The second-order valence-corrected chi connectivity index (χ2v) is 4.65. The van der Waals surface area contributed by atoms with Crippen LogP contribution in [-0.2, 0) is 11.2 Å². The van der Waals surface area contributed by atoms with Crippen molar-refractivity contribution in [2.45, 2.75) is 20.3 Å². The molecular weight excluding hydrogens is 246 g/mol. The van der Waals surface area contributed by atoms with Gasteiger partial charge in [-0.2, -0.15) is 0 Å². The number of hydrogen-bond donors (Lipinski definition) is 1. The molecule has 1 aromatic rings. The highest BCUT2D eigenvalue weighted by atomic mass is 79.9. The van der Waals surface area contributed by atoms with Crippen LogP contribution in [-0.4, -0.2) is 16.1 Å². The van der Waals surface area contributed by atoms with Crippen LogP contribution in [0, 0.1) is 5.41 Å². The van der Waals surface area contributed by atoms with Crippen molar-refractivity contribution in [2.75, 3.05) is 0 Å². The highest BCUT2D eigenvalue weighted by Gasteiger charge is 2.28. The second-order valence-electron chi connectivity index (χ2n) is 3.80. The smallest absolute Gasteiger partial charge is 0.309 e. The Bertz CT molecular complexity index is 350. The molecule has 0 aromatic carbocycles. The van der Waals surface area contributed by atoms with E-state index in [-0.39, 0.29) is 0 Å². The van der Waals surface area contributed by atoms with Crippen LogP contribution in [0.25, 0.3) is 0 Å². The van der Waals surface area contributed by atoms with Crippen molar-refractivity contribution >= 4 is 21.9 Å². The van der Waals surface area contributed by atoms with Gasteiger partial charge in [-0.1, -0.05) is 0 Å². The number of halogens is 1. The van der Waals surface area contributed by atoms with E-state index < -0.39 is 11.4 Å². The van der Waals surface area contributed by atoms with E-state index in [0.717, 1.165) is 10.2 Å². The summed E-state index contributed by atoms with van der Waals surface area (Å²) in [6, 6.07) is 3.67. The molecule has 76 valence electrons. The van der Waals surface area contributed by atoms with Gasteiger partial charge < -0.3 is 5.11 Å². The number of nitrogens with zero attached hydrogens (tertiary/aromatic N) is 1. The minimum atomic E-state index is -0.810. The van der Waals surface area contributed by atoms with Gasteiger partial charge in [0.15, 0.2) is 0 Å². The Morgan fingerprint density at radius 1 is 1.64 bits per heavy atom. The van der Waals surface area contributed by atoms with Crippen LogP contribution in [0.1, 0.15) is 19.5 Å². The first-order valence-corrected chi connectivity index (χ1v) is 5.05. The molecule has 1 rings (SSSR count). The molecular formula is C10H12BrNO2. The van der Waals surface area contributed by atoms with E-state index in [2.05, 4.69) is 20.9 Å². The Hall–Kier alpha value is -0.900. The molecule has 0 bridgehead atoms. The molecule has 3 nitrogen and oxygen atoms in total. The predicted octanol–water partition coefficient (Wildman–Crippen LogP) is 2.50. The lowest BCUT2D eigenvalue weighted by Gasteiger charge is -2.18. The van der Waals surface area contributed by atoms with Crippen LogP contribution in [0.5, 0.6) is 0 Å². The van der Waals surface area contributed by atoms with Crippen LogP contribution in [0.4, 0.5) is 0 Å². The van der Waals surface area contributed by atoms with Crippen molar-refractivity contribution in [2.24, 2.45) is 5.41 Å². The van der Waals surface area contributed by atoms with Gasteiger partial charge in [0.1, 0.15) is 0 Å². The lowest BCUT2D eigenvalue weighted by molar-refractivity contribution is -0.146. The molecule has 0 aliphatic carbocycles. The molecule has 1 aromatic heterocycles. The Morgan fingerprint density at radius 2 is 2.29 bits per heavy atom. The quantitative estimate of drug-likeness (QED) is 0.906. The molecule has 0 spiro atoms. The number of hydrogen-bond acceptors (Lipinski definition) is 2. The predicted molar refractivity (Wildman–Crippen MR) is 57.1 cm³/mol. The molecule has 0 amide bonds. The number of rotatable bonds is 3. The second kappa shape index (κ2) is 4.09. The number of carbonyl (C=O) groups is 1. The monoisotopic (exact) mass is 257 g/mol. The first kappa shape index (κ1) is 11.2. The minimum Gasteiger partial charge on any atom is -0.481 e. The van der Waals surface area contributed by atoms with E-state index >= 15 is 0 Å². The van der Waals surface area contributed by atoms with Gasteiger partial charge in [0.05, 0.1) is 11.1 Å². The standard InChI is InChI=1S/C10H12BrNO2/c1-10(2,9(13)14)6-8-7(11)4-3-5-12-8/h3-5H,6H2,1-2H3,(H,13,14). The average molecular weight is 258 g/mol. The molecule has 0 atom stereocenters. The van der Waals surface area contributed by atoms with Crippen molar-refractivity contribution < 1.29 is 9.90 Å². The number of carboxylic acid groups (broad SMARTS) is 1. The van der Waals surface area contributed by atoms with Gasteiger partial charge in [0, 0.05) is 17.1 Å². The molecule has 1 N–H and O–H groups in total. The fourth-order valence-corrected chi connectivity index (χ4v) is 1.44. The van der Waals surface area contributed by atoms with E-state index in [9.17, 15) is 4.79 Å². The lowest BCUT2D eigenvalue weighted by atomic mass is 9.88. The van der Waals surface area contributed by atoms with E-state index in [4.69, 9.17) is 5.11 Å². The molecule has 14 heavy (non-hydrogen) atoms. The summed E-state index contributed by atoms with van der Waals surface area (Å²) in [4.78, 5) is 15.0. The van der Waals surface area contributed by atoms with Gasteiger partial charge in [-0.25, -0.2) is 0 Å². The number of pyridine rings is 1. The first-order valence-electron chi connectivity index (χ1n) is 4.26. The van der Waals surface area contributed by atoms with Crippen molar-refractivity contribution in [3.8, 4) is 0 Å². The van der Waals surface area contributed by atoms with E-state index in [1.165, 1.54) is 0 Å². The maximum atomic E-state index is 10.9. The van der Waals surface area contributed by atoms with Crippen molar-refractivity contribution in [1.29, 1.82) is 0 Å². The fourth-order valence-electron chi connectivity index (χ4n) is 1.04. The molecule has 0 aliphatic rings. The van der Waals surface area contributed by atoms with Crippen LogP contribution in [0.2, 0.25) is 0 Å². The maximum absolute atomic E-state index is 10.9. The molecule has 0 saturated carbocycles. The van der Waals surface area contributed by atoms with Gasteiger partial charge in [0.25, 0.3) is 0 Å². The molecule has 0 aliphatic heterocycles. The fraction of sp³-hybridized carbons (Fsp3) is 0.400. The van der Waals surface area contributed by atoms with Crippen LogP contribution in [0.3, 0.4) is 0 Å². The SMILES string of the molecule is CC(C)(Cc1ncccc1Br)C(=O)O. The third kappa shape index (κ3) is 2.54. The lowest BCUT2D eigenvalue weighted by Crippen LogP contribution is -2.26. The molecule has 0 fully saturated rings. The zero-order valence-electron chi connectivity index (χ0n) is 8.12. The van der Waals surface area contributed by atoms with Crippen LogP contribution < -0.4 is 0 Å². The zero-order chi connectivity index (χ0) is 10.8. The van der Waals surface area contributed by atoms with E-state index in [1.807, 2.05) is 6.07 Å². The van der Waals surface area contributed by atoms with Crippen molar-refractivity contribution in [3.05, 3.63) is 28.5 Å². The Kier molecular flexibility index (Phi) is 3.26. The third-order valence-electron chi connectivity index (χ3n) is 2.02. The highest BCUT2D eigenvalue weighted by Crippen LogP contribution is 2.25. The third-order valence-corrected chi connectivity index (χ3v) is 2.75. The molecule has 1 heterocycles. The summed E-state index contributed by atoms with van der Waals surface area (Å²) in [5.74, 6) is -0.810. The van der Waals surface area contributed by atoms with E-state index in [0.29, 0.717) is 6.42 Å². The number of aliphatic carboxylic acids is 1. The largest absolute Gasteiger partial charge is 0.481 e. The summed E-state index contributed by atoms with van der Waals surface area (Å²) >= 11 is 3.34. The zero-order valence-corrected chi connectivity index (χ0v) is 9.71. The van der Waals surface area contributed by atoms with E-state index in [1.54, 1.807) is 26.1 Å². The molecule has 0 saturated heterocycles. The average Bonchev–Trinajstić information content (AvgIpc) is 2.08. The Balaban J connectivity index is 2.89. The first-order chi connectivity index (χ1) is 6.43. The van der Waals surface area contributed by atoms with Crippen LogP contribution in [0.15, 0.2) is 22.8 Å². The summed E-state index contributed by atoms with van der Waals surface area (Å²) in [6.07, 6.45) is 2.09. The normalized spacial score (nSPS) is 11.4. The van der Waals surface area contributed by atoms with Gasteiger partial charge in [-0.15, -0.1) is 0 Å². The minimum absolute atomic E-state index is 0.420. The number of aromatic nitrogens is 1. The Labute approximate surface area is 91.3 Å². The summed E-state index contributed by atoms with van der Waals surface area (Å²) < 4.78 is 0.856. The van der Waals surface area contributed by atoms with Gasteiger partial charge >= 0.3 is 5.97 Å². The van der Waals surface area contributed by atoms with Gasteiger partial charge in [-0.05, 0) is 41.9 Å². The molecule has 4 heteroatoms. The summed E-state index contributed by atoms with van der Waals surface area (Å²) in [5, 5.41) is 8.95. The van der Waals surface area contributed by atoms with Gasteiger partial charge in [-0.3, -0.25) is 9.78 Å². The maximum Gasteiger partial charge on any atom is 0.309 e.